The Morgan fingerprint density at radius 2 is 1.52 bits per heavy atom. The first-order chi connectivity index (χ1) is 15.2. The quantitative estimate of drug-likeness (QED) is 0.459. The monoisotopic (exact) mass is 410 g/mol. The molecule has 0 saturated carbocycles. The highest BCUT2D eigenvalue weighted by Gasteiger charge is 2.09. The summed E-state index contributed by atoms with van der Waals surface area (Å²) in [5, 5.41) is 7.41. The van der Waals surface area contributed by atoms with E-state index in [1.807, 2.05) is 89.7 Å². The summed E-state index contributed by atoms with van der Waals surface area (Å²) in [5.41, 5.74) is 5.38. The van der Waals surface area contributed by atoms with Gasteiger partial charge in [0.2, 0.25) is 5.91 Å². The van der Waals surface area contributed by atoms with Gasteiger partial charge in [0.1, 0.15) is 0 Å². The summed E-state index contributed by atoms with van der Waals surface area (Å²) < 4.78 is 1.92. The first kappa shape index (κ1) is 20.6. The number of nitrogens with zero attached hydrogens (tertiary/aromatic N) is 3. The maximum Gasteiger partial charge on any atom is 0.238 e. The summed E-state index contributed by atoms with van der Waals surface area (Å²) in [7, 11) is 1.94. The van der Waals surface area contributed by atoms with Crippen molar-refractivity contribution in [2.45, 2.75) is 13.1 Å². The Morgan fingerprint density at radius 1 is 0.871 bits per heavy atom. The third-order valence-electron chi connectivity index (χ3n) is 5.02. The van der Waals surface area contributed by atoms with Gasteiger partial charge in [-0.1, -0.05) is 72.8 Å². The molecule has 1 aromatic heterocycles. The number of carbonyl (C=O) groups is 1. The molecule has 0 aliphatic rings. The second-order valence-electron chi connectivity index (χ2n) is 7.70. The van der Waals surface area contributed by atoms with Gasteiger partial charge in [-0.05, 0) is 35.9 Å². The van der Waals surface area contributed by atoms with E-state index in [0.29, 0.717) is 13.1 Å². The molecule has 5 heteroatoms. The Labute approximate surface area is 183 Å². The van der Waals surface area contributed by atoms with Crippen LogP contribution in [0, 0.1) is 0 Å². The van der Waals surface area contributed by atoms with Crippen molar-refractivity contribution in [2.75, 3.05) is 18.9 Å². The second-order valence-corrected chi connectivity index (χ2v) is 7.70. The van der Waals surface area contributed by atoms with Crippen molar-refractivity contribution in [1.29, 1.82) is 0 Å². The van der Waals surface area contributed by atoms with Gasteiger partial charge in [-0.25, -0.2) is 0 Å². The van der Waals surface area contributed by atoms with Crippen molar-refractivity contribution in [1.82, 2.24) is 14.7 Å². The van der Waals surface area contributed by atoms with E-state index in [1.165, 1.54) is 5.56 Å². The number of benzene rings is 3. The largest absolute Gasteiger partial charge is 0.325 e. The number of aromatic nitrogens is 2. The van der Waals surface area contributed by atoms with E-state index >= 15 is 0 Å². The van der Waals surface area contributed by atoms with E-state index < -0.39 is 0 Å². The van der Waals surface area contributed by atoms with Crippen molar-refractivity contribution < 1.29 is 4.79 Å². The molecular formula is C26H26N4O. The van der Waals surface area contributed by atoms with Crippen LogP contribution >= 0.6 is 0 Å². The molecular weight excluding hydrogens is 384 g/mol. The minimum atomic E-state index is -0.0355. The summed E-state index contributed by atoms with van der Waals surface area (Å²) in [5.74, 6) is -0.0355. The van der Waals surface area contributed by atoms with Gasteiger partial charge in [0.05, 0.1) is 19.3 Å². The third kappa shape index (κ3) is 5.90. The Morgan fingerprint density at radius 3 is 2.23 bits per heavy atom. The van der Waals surface area contributed by atoms with E-state index in [0.717, 1.165) is 28.9 Å². The minimum absolute atomic E-state index is 0.0355. The van der Waals surface area contributed by atoms with Crippen LogP contribution in [0.25, 0.3) is 11.1 Å². The summed E-state index contributed by atoms with van der Waals surface area (Å²) >= 11 is 0. The van der Waals surface area contributed by atoms with Gasteiger partial charge in [0, 0.05) is 24.0 Å². The lowest BCUT2D eigenvalue weighted by Gasteiger charge is -2.15. The van der Waals surface area contributed by atoms with Gasteiger partial charge >= 0.3 is 0 Å². The molecule has 0 bridgehead atoms. The van der Waals surface area contributed by atoms with Gasteiger partial charge in [0.25, 0.3) is 0 Å². The van der Waals surface area contributed by atoms with E-state index in [4.69, 9.17) is 0 Å². The zero-order valence-corrected chi connectivity index (χ0v) is 17.6. The van der Waals surface area contributed by atoms with E-state index in [1.54, 1.807) is 0 Å². The minimum Gasteiger partial charge on any atom is -0.325 e. The van der Waals surface area contributed by atoms with Crippen molar-refractivity contribution in [3.05, 3.63) is 108 Å². The predicted octanol–water partition coefficient (Wildman–Crippen LogP) is 4.67. The van der Waals surface area contributed by atoms with Crippen LogP contribution in [-0.4, -0.2) is 34.2 Å². The van der Waals surface area contributed by atoms with Crippen LogP contribution in [0.2, 0.25) is 0 Å². The van der Waals surface area contributed by atoms with Crippen molar-refractivity contribution in [2.24, 2.45) is 0 Å². The highest BCUT2D eigenvalue weighted by Crippen LogP contribution is 2.21. The molecule has 1 heterocycles. The van der Waals surface area contributed by atoms with Crippen LogP contribution in [0.5, 0.6) is 0 Å². The maximum absolute atomic E-state index is 12.4. The standard InChI is InChI=1S/C26H26N4O/c1-29(17-22-16-27-30(19-22)18-21-8-4-2-5-9-21)20-26(31)28-25-14-12-24(13-15-25)23-10-6-3-7-11-23/h2-16,19H,17-18,20H2,1H3,(H,28,31). The molecule has 0 atom stereocenters. The van der Waals surface area contributed by atoms with Crippen LogP contribution in [0.3, 0.4) is 0 Å². The first-order valence-electron chi connectivity index (χ1n) is 10.3. The van der Waals surface area contributed by atoms with E-state index in [9.17, 15) is 4.79 Å². The molecule has 0 radical (unpaired) electrons. The fraction of sp³-hybridized carbons (Fsp3) is 0.154. The number of carbonyl (C=O) groups excluding carboxylic acids is 1. The number of hydrogen-bond acceptors (Lipinski definition) is 3. The fourth-order valence-corrected chi connectivity index (χ4v) is 3.53. The molecule has 0 aliphatic carbocycles. The van der Waals surface area contributed by atoms with Crippen LogP contribution in [0.1, 0.15) is 11.1 Å². The molecule has 0 saturated heterocycles. The molecule has 4 rings (SSSR count). The maximum atomic E-state index is 12.4. The lowest BCUT2D eigenvalue weighted by Crippen LogP contribution is -2.29. The fourth-order valence-electron chi connectivity index (χ4n) is 3.53. The van der Waals surface area contributed by atoms with Crippen molar-refractivity contribution in [3.63, 3.8) is 0 Å². The van der Waals surface area contributed by atoms with Gasteiger partial charge in [-0.2, -0.15) is 5.10 Å². The number of likely N-dealkylation sites (N-methyl/N-ethyl adjacent to an activating group) is 1. The molecule has 5 nitrogen and oxygen atoms in total. The topological polar surface area (TPSA) is 50.2 Å². The average molecular weight is 411 g/mol. The normalized spacial score (nSPS) is 10.9. The van der Waals surface area contributed by atoms with E-state index in [-0.39, 0.29) is 5.91 Å². The molecule has 4 aromatic rings. The molecule has 0 aliphatic heterocycles. The molecule has 156 valence electrons. The van der Waals surface area contributed by atoms with Gasteiger partial charge in [-0.3, -0.25) is 14.4 Å². The highest BCUT2D eigenvalue weighted by atomic mass is 16.2. The zero-order chi connectivity index (χ0) is 21.5. The van der Waals surface area contributed by atoms with Crippen LogP contribution in [0.4, 0.5) is 5.69 Å². The number of rotatable bonds is 8. The smallest absolute Gasteiger partial charge is 0.238 e. The lowest BCUT2D eigenvalue weighted by molar-refractivity contribution is -0.117. The molecule has 0 unspecified atom stereocenters. The summed E-state index contributed by atoms with van der Waals surface area (Å²) in [6, 6.07) is 28.4. The van der Waals surface area contributed by atoms with Gasteiger partial charge < -0.3 is 5.32 Å². The summed E-state index contributed by atoms with van der Waals surface area (Å²) in [6.07, 6.45) is 3.89. The van der Waals surface area contributed by atoms with Gasteiger partial charge in [0.15, 0.2) is 0 Å². The molecule has 1 N–H and O–H groups in total. The molecule has 0 spiro atoms. The summed E-state index contributed by atoms with van der Waals surface area (Å²) in [4.78, 5) is 14.4. The molecule has 3 aromatic carbocycles. The number of hydrogen-bond donors (Lipinski definition) is 1. The lowest BCUT2D eigenvalue weighted by atomic mass is 10.1. The Kier molecular flexibility index (Phi) is 6.55. The average Bonchev–Trinajstić information content (AvgIpc) is 3.22. The third-order valence-corrected chi connectivity index (χ3v) is 5.02. The molecule has 31 heavy (non-hydrogen) atoms. The Balaban J connectivity index is 1.27. The van der Waals surface area contributed by atoms with Gasteiger partial charge in [-0.15, -0.1) is 0 Å². The first-order valence-corrected chi connectivity index (χ1v) is 10.3. The number of nitrogens with one attached hydrogen (secondary N) is 1. The van der Waals surface area contributed by atoms with Crippen molar-refractivity contribution >= 4 is 11.6 Å². The SMILES string of the molecule is CN(CC(=O)Nc1ccc(-c2ccccc2)cc1)Cc1cnn(Cc2ccccc2)c1. The number of anilines is 1. The van der Waals surface area contributed by atoms with Crippen molar-refractivity contribution in [3.8, 4) is 11.1 Å². The van der Waals surface area contributed by atoms with E-state index in [2.05, 4.69) is 34.7 Å². The highest BCUT2D eigenvalue weighted by molar-refractivity contribution is 5.92. The van der Waals surface area contributed by atoms with Crippen LogP contribution in [-0.2, 0) is 17.9 Å². The molecule has 0 fully saturated rings. The molecule has 1 amide bonds. The van der Waals surface area contributed by atoms with Crippen LogP contribution < -0.4 is 5.32 Å². The van der Waals surface area contributed by atoms with Crippen LogP contribution in [0.15, 0.2) is 97.3 Å². The zero-order valence-electron chi connectivity index (χ0n) is 17.6. The Hall–Kier alpha value is -3.70. The Bertz CT molecular complexity index is 1110. The predicted molar refractivity (Wildman–Crippen MR) is 125 cm³/mol. The second kappa shape index (κ2) is 9.87. The number of amides is 1. The summed E-state index contributed by atoms with van der Waals surface area (Å²) in [6.45, 7) is 1.71.